The molecular weight excluding hydrogens is 428 g/mol. The van der Waals surface area contributed by atoms with Gasteiger partial charge in [0.2, 0.25) is 10.0 Å². The van der Waals surface area contributed by atoms with Crippen LogP contribution in [0.2, 0.25) is 0 Å². The molecular formula is C21H21F2N3O4S. The Hall–Kier alpha value is -2.98. The summed E-state index contributed by atoms with van der Waals surface area (Å²) in [4.78, 5) is 0.0363. The van der Waals surface area contributed by atoms with E-state index in [4.69, 9.17) is 9.47 Å². The second kappa shape index (κ2) is 8.27. The summed E-state index contributed by atoms with van der Waals surface area (Å²) >= 11 is 0. The monoisotopic (exact) mass is 449 g/mol. The molecule has 3 aromatic rings. The first-order valence-corrected chi connectivity index (χ1v) is 11.1. The van der Waals surface area contributed by atoms with E-state index >= 15 is 0 Å². The first kappa shape index (κ1) is 21.3. The Morgan fingerprint density at radius 2 is 1.87 bits per heavy atom. The number of hydrogen-bond acceptors (Lipinski definition) is 5. The summed E-state index contributed by atoms with van der Waals surface area (Å²) in [5.74, 6) is -0.694. The fraction of sp³-hybridized carbons (Fsp3) is 0.286. The Kier molecular flexibility index (Phi) is 5.67. The Labute approximate surface area is 178 Å². The summed E-state index contributed by atoms with van der Waals surface area (Å²) < 4.78 is 68.0. The maximum absolute atomic E-state index is 14.3. The van der Waals surface area contributed by atoms with Gasteiger partial charge in [-0.05, 0) is 43.5 Å². The van der Waals surface area contributed by atoms with Crippen LogP contribution in [0.25, 0.3) is 5.69 Å². The van der Waals surface area contributed by atoms with Crippen LogP contribution in [0.4, 0.5) is 8.78 Å². The molecule has 164 valence electrons. The van der Waals surface area contributed by atoms with Crippen LogP contribution in [-0.2, 0) is 16.4 Å². The standard InChI is InChI=1S/C21H21F2N3O4S/c1-29-20-9-7-14(11-21(20)30-2)31(27,28)25-17-4-3-5-18-15(17)12-24-26(18)19-8-6-13(22)10-16(19)23/h6-12,17,25H,3-5H2,1-2H3. The van der Waals surface area contributed by atoms with E-state index < -0.39 is 27.7 Å². The van der Waals surface area contributed by atoms with Crippen LogP contribution in [0.1, 0.15) is 30.1 Å². The zero-order chi connectivity index (χ0) is 22.2. The molecule has 0 amide bonds. The SMILES string of the molecule is COc1ccc(S(=O)(=O)NC2CCCc3c2cnn3-c2ccc(F)cc2F)cc1OC. The molecule has 0 radical (unpaired) electrons. The summed E-state index contributed by atoms with van der Waals surface area (Å²) in [6.07, 6.45) is 3.37. The average molecular weight is 449 g/mol. The number of nitrogens with zero attached hydrogens (tertiary/aromatic N) is 2. The number of fused-ring (bicyclic) bond motifs is 1. The van der Waals surface area contributed by atoms with Crippen molar-refractivity contribution in [1.29, 1.82) is 0 Å². The first-order chi connectivity index (χ1) is 14.8. The smallest absolute Gasteiger partial charge is 0.241 e. The van der Waals surface area contributed by atoms with Gasteiger partial charge in [0, 0.05) is 23.4 Å². The van der Waals surface area contributed by atoms with Gasteiger partial charge in [0.05, 0.1) is 31.4 Å². The highest BCUT2D eigenvalue weighted by Crippen LogP contribution is 2.34. The van der Waals surface area contributed by atoms with Crippen molar-refractivity contribution in [2.24, 2.45) is 0 Å². The lowest BCUT2D eigenvalue weighted by molar-refractivity contribution is 0.354. The largest absolute Gasteiger partial charge is 0.493 e. The summed E-state index contributed by atoms with van der Waals surface area (Å²) in [6.45, 7) is 0. The van der Waals surface area contributed by atoms with Crippen molar-refractivity contribution in [3.8, 4) is 17.2 Å². The quantitative estimate of drug-likeness (QED) is 0.623. The molecule has 0 spiro atoms. The minimum Gasteiger partial charge on any atom is -0.493 e. The normalized spacial score (nSPS) is 16.1. The lowest BCUT2D eigenvalue weighted by Crippen LogP contribution is -2.31. The molecule has 0 saturated carbocycles. The summed E-state index contributed by atoms with van der Waals surface area (Å²) in [5.41, 5.74) is 1.47. The summed E-state index contributed by atoms with van der Waals surface area (Å²) in [5, 5.41) is 4.24. The number of halogens is 2. The number of nitrogens with one attached hydrogen (secondary N) is 1. The molecule has 1 heterocycles. The second-order valence-electron chi connectivity index (χ2n) is 7.14. The highest BCUT2D eigenvalue weighted by atomic mass is 32.2. The predicted molar refractivity (Wildman–Crippen MR) is 109 cm³/mol. The van der Waals surface area contributed by atoms with Gasteiger partial charge in [0.25, 0.3) is 0 Å². The zero-order valence-electron chi connectivity index (χ0n) is 16.9. The van der Waals surface area contributed by atoms with E-state index in [-0.39, 0.29) is 10.6 Å². The van der Waals surface area contributed by atoms with E-state index in [0.717, 1.165) is 12.1 Å². The molecule has 0 saturated heterocycles. The molecule has 2 aromatic carbocycles. The highest BCUT2D eigenvalue weighted by molar-refractivity contribution is 7.89. The van der Waals surface area contributed by atoms with Crippen LogP contribution < -0.4 is 14.2 Å². The number of benzene rings is 2. The Bertz CT molecular complexity index is 1230. The fourth-order valence-electron chi connectivity index (χ4n) is 3.78. The lowest BCUT2D eigenvalue weighted by atomic mass is 9.94. The first-order valence-electron chi connectivity index (χ1n) is 9.60. The highest BCUT2D eigenvalue weighted by Gasteiger charge is 2.30. The molecule has 0 fully saturated rings. The van der Waals surface area contributed by atoms with Crippen LogP contribution in [0.5, 0.6) is 11.5 Å². The number of ether oxygens (including phenoxy) is 2. The van der Waals surface area contributed by atoms with E-state index in [2.05, 4.69) is 9.82 Å². The molecule has 1 aliphatic rings. The Morgan fingerprint density at radius 1 is 1.10 bits per heavy atom. The van der Waals surface area contributed by atoms with Crippen LogP contribution in [0.15, 0.2) is 47.5 Å². The van der Waals surface area contributed by atoms with Crippen molar-refractivity contribution < 1.29 is 26.7 Å². The maximum atomic E-state index is 14.3. The van der Waals surface area contributed by atoms with Crippen molar-refractivity contribution >= 4 is 10.0 Å². The van der Waals surface area contributed by atoms with Crippen molar-refractivity contribution in [3.05, 3.63) is 65.5 Å². The maximum Gasteiger partial charge on any atom is 0.241 e. The summed E-state index contributed by atoms with van der Waals surface area (Å²) in [6, 6.07) is 7.09. The summed E-state index contributed by atoms with van der Waals surface area (Å²) in [7, 11) is -0.979. The van der Waals surface area contributed by atoms with Gasteiger partial charge in [-0.15, -0.1) is 0 Å². The van der Waals surface area contributed by atoms with Crippen molar-refractivity contribution in [2.75, 3.05) is 14.2 Å². The van der Waals surface area contributed by atoms with E-state index in [1.54, 1.807) is 0 Å². The second-order valence-corrected chi connectivity index (χ2v) is 8.85. The van der Waals surface area contributed by atoms with Gasteiger partial charge >= 0.3 is 0 Å². The number of aromatic nitrogens is 2. The van der Waals surface area contributed by atoms with Gasteiger partial charge in [0.15, 0.2) is 17.3 Å². The van der Waals surface area contributed by atoms with Gasteiger partial charge in [-0.2, -0.15) is 5.10 Å². The third-order valence-electron chi connectivity index (χ3n) is 5.28. The number of hydrogen-bond donors (Lipinski definition) is 1. The molecule has 4 rings (SSSR count). The molecule has 1 aromatic heterocycles. The number of rotatable bonds is 6. The van der Waals surface area contributed by atoms with Gasteiger partial charge in [-0.3, -0.25) is 0 Å². The van der Waals surface area contributed by atoms with Crippen molar-refractivity contribution in [1.82, 2.24) is 14.5 Å². The predicted octanol–water partition coefficient (Wildman–Crippen LogP) is 3.52. The van der Waals surface area contributed by atoms with Crippen molar-refractivity contribution in [3.63, 3.8) is 0 Å². The third-order valence-corrected chi connectivity index (χ3v) is 6.75. The molecule has 10 heteroatoms. The van der Waals surface area contributed by atoms with Crippen LogP contribution >= 0.6 is 0 Å². The van der Waals surface area contributed by atoms with Gasteiger partial charge in [-0.1, -0.05) is 0 Å². The fourth-order valence-corrected chi connectivity index (χ4v) is 5.04. The van der Waals surface area contributed by atoms with Crippen LogP contribution in [0, 0.1) is 11.6 Å². The minimum absolute atomic E-state index is 0.0363. The van der Waals surface area contributed by atoms with E-state index in [1.807, 2.05) is 0 Å². The van der Waals surface area contributed by atoms with E-state index in [9.17, 15) is 17.2 Å². The lowest BCUT2D eigenvalue weighted by Gasteiger charge is -2.24. The molecule has 31 heavy (non-hydrogen) atoms. The van der Waals surface area contributed by atoms with Crippen LogP contribution in [0.3, 0.4) is 0 Å². The number of sulfonamides is 1. The van der Waals surface area contributed by atoms with E-state index in [0.29, 0.717) is 42.0 Å². The minimum atomic E-state index is -3.88. The molecule has 0 aliphatic heterocycles. The van der Waals surface area contributed by atoms with Crippen LogP contribution in [-0.4, -0.2) is 32.4 Å². The van der Waals surface area contributed by atoms with Gasteiger partial charge in [-0.25, -0.2) is 26.6 Å². The Balaban J connectivity index is 1.66. The van der Waals surface area contributed by atoms with Crippen molar-refractivity contribution in [2.45, 2.75) is 30.2 Å². The zero-order valence-corrected chi connectivity index (χ0v) is 17.7. The molecule has 1 aliphatic carbocycles. The molecule has 1 atom stereocenters. The van der Waals surface area contributed by atoms with Gasteiger partial charge in [0.1, 0.15) is 11.5 Å². The molecule has 1 unspecified atom stereocenters. The molecule has 0 bridgehead atoms. The van der Waals surface area contributed by atoms with E-state index in [1.165, 1.54) is 49.4 Å². The topological polar surface area (TPSA) is 82.5 Å². The third kappa shape index (κ3) is 4.00. The molecule has 1 N–H and O–H groups in total. The average Bonchev–Trinajstić information content (AvgIpc) is 3.18. The molecule has 7 nitrogen and oxygen atoms in total. The number of methoxy groups -OCH3 is 2. The van der Waals surface area contributed by atoms with Gasteiger partial charge < -0.3 is 9.47 Å². The Morgan fingerprint density at radius 3 is 2.58 bits per heavy atom.